The van der Waals surface area contributed by atoms with Gasteiger partial charge < -0.3 is 20.2 Å². The second-order valence-corrected chi connectivity index (χ2v) is 8.28. The number of para-hydroxylation sites is 1. The molecule has 4 aromatic rings. The van der Waals surface area contributed by atoms with Crippen molar-refractivity contribution in [1.29, 1.82) is 0 Å². The third-order valence-electron chi connectivity index (χ3n) is 5.10. The van der Waals surface area contributed by atoms with Crippen molar-refractivity contribution in [2.24, 2.45) is 10.7 Å². The summed E-state index contributed by atoms with van der Waals surface area (Å²) in [5.41, 5.74) is 8.66. The van der Waals surface area contributed by atoms with E-state index in [0.717, 1.165) is 11.3 Å². The summed E-state index contributed by atoms with van der Waals surface area (Å²) < 4.78 is 13.0. The first-order valence-corrected chi connectivity index (χ1v) is 11.6. The molecule has 0 radical (unpaired) electrons. The SMILES string of the molecule is C=C(Cl)N=C(/C=C\N)Oc1ccccc1CNC(=O)Nc1cc(-c2ccco2)nn1-c1ccc(C)cc1. The summed E-state index contributed by atoms with van der Waals surface area (Å²) in [6, 6.07) is 19.9. The number of rotatable bonds is 8. The van der Waals surface area contributed by atoms with Crippen molar-refractivity contribution >= 4 is 29.3 Å². The summed E-state index contributed by atoms with van der Waals surface area (Å²) in [6.07, 6.45) is 4.30. The number of aryl methyl sites for hydroxylation is 1. The van der Waals surface area contributed by atoms with Crippen molar-refractivity contribution in [2.75, 3.05) is 5.32 Å². The summed E-state index contributed by atoms with van der Waals surface area (Å²) >= 11 is 5.78. The van der Waals surface area contributed by atoms with Crippen molar-refractivity contribution in [1.82, 2.24) is 15.1 Å². The second-order valence-electron chi connectivity index (χ2n) is 7.84. The minimum Gasteiger partial charge on any atom is -0.463 e. The van der Waals surface area contributed by atoms with E-state index >= 15 is 0 Å². The van der Waals surface area contributed by atoms with Crippen LogP contribution in [0.25, 0.3) is 17.1 Å². The first kappa shape index (κ1) is 25.3. The number of benzene rings is 2. The maximum absolute atomic E-state index is 12.9. The number of aromatic nitrogens is 2. The fourth-order valence-corrected chi connectivity index (χ4v) is 3.48. The van der Waals surface area contributed by atoms with Crippen LogP contribution in [-0.2, 0) is 6.54 Å². The minimum atomic E-state index is -0.432. The number of aliphatic imine (C=N–C) groups is 1. The molecule has 0 spiro atoms. The Labute approximate surface area is 218 Å². The zero-order valence-corrected chi connectivity index (χ0v) is 20.8. The standard InChI is InChI=1S/C27H25ClN6O3/c1-18-9-11-21(12-10-18)34-25(16-22(33-34)24-8-5-15-36-24)32-27(35)30-17-20-6-3-4-7-23(20)37-26(13-14-29)31-19(2)28/h3-16H,2,17,29H2,1H3,(H2,30,32,35)/b14-13-,31-26?. The molecule has 0 aliphatic carbocycles. The van der Waals surface area contributed by atoms with Crippen LogP contribution in [-0.4, -0.2) is 21.7 Å². The van der Waals surface area contributed by atoms with Crippen molar-refractivity contribution in [3.63, 3.8) is 0 Å². The monoisotopic (exact) mass is 516 g/mol. The predicted octanol–water partition coefficient (Wildman–Crippen LogP) is 5.72. The lowest BCUT2D eigenvalue weighted by molar-refractivity contribution is 0.251. The quantitative estimate of drug-likeness (QED) is 0.157. The van der Waals surface area contributed by atoms with Crippen LogP contribution < -0.4 is 21.1 Å². The molecule has 0 saturated heterocycles. The molecular weight excluding hydrogens is 492 g/mol. The summed E-state index contributed by atoms with van der Waals surface area (Å²) in [6.45, 7) is 5.71. The Morgan fingerprint density at radius 2 is 2.00 bits per heavy atom. The van der Waals surface area contributed by atoms with E-state index in [1.54, 1.807) is 41.3 Å². The molecule has 37 heavy (non-hydrogen) atoms. The highest BCUT2D eigenvalue weighted by molar-refractivity contribution is 6.29. The van der Waals surface area contributed by atoms with E-state index < -0.39 is 6.03 Å². The fraction of sp³-hybridized carbons (Fsp3) is 0.0741. The van der Waals surface area contributed by atoms with Gasteiger partial charge in [0.15, 0.2) is 5.76 Å². The number of carbonyl (C=O) groups is 1. The van der Waals surface area contributed by atoms with Gasteiger partial charge in [-0.3, -0.25) is 5.32 Å². The Morgan fingerprint density at radius 1 is 1.22 bits per heavy atom. The number of halogens is 1. The van der Waals surface area contributed by atoms with Gasteiger partial charge in [0.1, 0.15) is 22.4 Å². The molecular formula is C27H25ClN6O3. The zero-order chi connectivity index (χ0) is 26.2. The van der Waals surface area contributed by atoms with Crippen molar-refractivity contribution in [2.45, 2.75) is 13.5 Å². The summed E-state index contributed by atoms with van der Waals surface area (Å²) in [7, 11) is 0. The van der Waals surface area contributed by atoms with Crippen LogP contribution in [0.4, 0.5) is 10.6 Å². The number of amides is 2. The maximum Gasteiger partial charge on any atom is 0.320 e. The van der Waals surface area contributed by atoms with Gasteiger partial charge in [0.2, 0.25) is 5.90 Å². The number of nitrogens with zero attached hydrogens (tertiary/aromatic N) is 3. The van der Waals surface area contributed by atoms with Crippen LogP contribution in [0.3, 0.4) is 0 Å². The highest BCUT2D eigenvalue weighted by Crippen LogP contribution is 2.25. The number of hydrogen-bond donors (Lipinski definition) is 3. The lowest BCUT2D eigenvalue weighted by Gasteiger charge is -2.13. The van der Waals surface area contributed by atoms with Gasteiger partial charge in [-0.2, -0.15) is 5.10 Å². The molecule has 0 saturated carbocycles. The molecule has 2 amide bonds. The Morgan fingerprint density at radius 3 is 2.70 bits per heavy atom. The third kappa shape index (κ3) is 6.68. The number of furan rings is 1. The van der Waals surface area contributed by atoms with Crippen LogP contribution >= 0.6 is 11.6 Å². The molecule has 0 bridgehead atoms. The average molecular weight is 517 g/mol. The lowest BCUT2D eigenvalue weighted by Crippen LogP contribution is -2.29. The first-order valence-electron chi connectivity index (χ1n) is 11.3. The number of nitrogens with two attached hydrogens (primary N) is 1. The minimum absolute atomic E-state index is 0.0437. The fourth-order valence-electron chi connectivity index (χ4n) is 3.39. The highest BCUT2D eigenvalue weighted by atomic mass is 35.5. The van der Waals surface area contributed by atoms with Crippen molar-refractivity contribution < 1.29 is 13.9 Å². The molecule has 4 rings (SSSR count). The molecule has 10 heteroatoms. The van der Waals surface area contributed by atoms with Crippen molar-refractivity contribution in [3.05, 3.63) is 108 Å². The lowest BCUT2D eigenvalue weighted by atomic mass is 10.2. The van der Waals surface area contributed by atoms with Crippen LogP contribution in [0.5, 0.6) is 5.75 Å². The Kier molecular flexibility index (Phi) is 8.07. The highest BCUT2D eigenvalue weighted by Gasteiger charge is 2.16. The average Bonchev–Trinajstić information content (AvgIpc) is 3.54. The van der Waals surface area contributed by atoms with Gasteiger partial charge in [0, 0.05) is 24.3 Å². The van der Waals surface area contributed by atoms with Gasteiger partial charge in [-0.15, -0.1) is 0 Å². The number of carbonyl (C=O) groups excluding carboxylic acids is 1. The van der Waals surface area contributed by atoms with Gasteiger partial charge in [0.25, 0.3) is 0 Å². The van der Waals surface area contributed by atoms with Gasteiger partial charge in [-0.05, 0) is 43.5 Å². The van der Waals surface area contributed by atoms with E-state index in [1.807, 2.05) is 43.3 Å². The number of ether oxygens (including phenoxy) is 1. The number of nitrogens with one attached hydrogen (secondary N) is 2. The molecule has 0 atom stereocenters. The largest absolute Gasteiger partial charge is 0.463 e. The first-order chi connectivity index (χ1) is 17.9. The number of anilines is 1. The summed E-state index contributed by atoms with van der Waals surface area (Å²) in [5, 5.41) is 10.4. The van der Waals surface area contributed by atoms with Gasteiger partial charge in [0.05, 0.1) is 12.0 Å². The Balaban J connectivity index is 1.51. The van der Waals surface area contributed by atoms with Crippen LogP contribution in [0.2, 0.25) is 0 Å². The van der Waals surface area contributed by atoms with Crippen LogP contribution in [0.1, 0.15) is 11.1 Å². The smallest absolute Gasteiger partial charge is 0.320 e. The Bertz CT molecular complexity index is 1440. The third-order valence-corrected chi connectivity index (χ3v) is 5.18. The normalized spacial score (nSPS) is 11.5. The Hall–Kier alpha value is -4.76. The number of urea groups is 1. The molecule has 188 valence electrons. The van der Waals surface area contributed by atoms with E-state index in [-0.39, 0.29) is 17.6 Å². The molecule has 9 nitrogen and oxygen atoms in total. The molecule has 4 N–H and O–H groups in total. The topological polar surface area (TPSA) is 120 Å². The molecule has 0 fully saturated rings. The van der Waals surface area contributed by atoms with E-state index in [9.17, 15) is 4.79 Å². The van der Waals surface area contributed by atoms with Gasteiger partial charge >= 0.3 is 6.03 Å². The summed E-state index contributed by atoms with van der Waals surface area (Å²) in [5.74, 6) is 1.69. The molecule has 2 aromatic carbocycles. The zero-order valence-electron chi connectivity index (χ0n) is 20.0. The molecule has 2 heterocycles. The molecule has 2 aromatic heterocycles. The maximum atomic E-state index is 12.9. The van der Waals surface area contributed by atoms with E-state index in [0.29, 0.717) is 28.6 Å². The van der Waals surface area contributed by atoms with Crippen LogP contribution in [0, 0.1) is 6.92 Å². The molecule has 0 aliphatic rings. The van der Waals surface area contributed by atoms with E-state index in [1.165, 1.54) is 12.3 Å². The second kappa shape index (κ2) is 11.8. The van der Waals surface area contributed by atoms with Gasteiger partial charge in [-0.1, -0.05) is 54.1 Å². The van der Waals surface area contributed by atoms with E-state index in [2.05, 4.69) is 27.3 Å². The van der Waals surface area contributed by atoms with Crippen molar-refractivity contribution in [3.8, 4) is 22.9 Å². The molecule has 0 aliphatic heterocycles. The summed E-state index contributed by atoms with van der Waals surface area (Å²) in [4.78, 5) is 16.9. The molecule has 0 unspecified atom stereocenters. The predicted molar refractivity (Wildman–Crippen MR) is 145 cm³/mol. The number of hydrogen-bond acceptors (Lipinski definition) is 6. The van der Waals surface area contributed by atoms with Crippen LogP contribution in [0.15, 0.2) is 106 Å². The van der Waals surface area contributed by atoms with E-state index in [4.69, 9.17) is 26.5 Å². The van der Waals surface area contributed by atoms with Gasteiger partial charge in [-0.25, -0.2) is 14.5 Å².